The van der Waals surface area contributed by atoms with E-state index < -0.39 is 11.4 Å². The molecule has 3 aromatic carbocycles. The quantitative estimate of drug-likeness (QED) is 0.479. The minimum atomic E-state index is -0.686. The molecule has 0 aliphatic carbocycles. The van der Waals surface area contributed by atoms with Crippen LogP contribution in [0.25, 0.3) is 0 Å². The van der Waals surface area contributed by atoms with Crippen molar-refractivity contribution in [3.63, 3.8) is 0 Å². The second-order valence-corrected chi connectivity index (χ2v) is 10.8. The third-order valence-corrected chi connectivity index (χ3v) is 7.31. The number of carbonyl (C=O) groups is 2. The van der Waals surface area contributed by atoms with Crippen LogP contribution in [0.3, 0.4) is 0 Å². The summed E-state index contributed by atoms with van der Waals surface area (Å²) in [4.78, 5) is 28.6. The van der Waals surface area contributed by atoms with Gasteiger partial charge in [-0.25, -0.2) is 4.39 Å². The summed E-state index contributed by atoms with van der Waals surface area (Å²) in [6.07, 6.45) is 0. The number of nitrogens with one attached hydrogen (secondary N) is 1. The highest BCUT2D eigenvalue weighted by molar-refractivity contribution is 7.99. The zero-order valence-electron chi connectivity index (χ0n) is 19.8. The molecule has 1 N–H and O–H groups in total. The lowest BCUT2D eigenvalue weighted by Crippen LogP contribution is -2.45. The number of aryl methyl sites for hydroxylation is 1. The van der Waals surface area contributed by atoms with Crippen LogP contribution in [0.4, 0.5) is 10.1 Å². The van der Waals surface area contributed by atoms with Crippen molar-refractivity contribution in [3.05, 3.63) is 101 Å². The van der Waals surface area contributed by atoms with Crippen LogP contribution in [0, 0.1) is 12.7 Å². The predicted octanol–water partition coefficient (Wildman–Crippen LogP) is 6.33. The Labute approximate surface area is 204 Å². The summed E-state index contributed by atoms with van der Waals surface area (Å²) in [6, 6.07) is 20.6. The molecular weight excluding hydrogens is 447 g/mol. The minimum Gasteiger partial charge on any atom is -0.324 e. The van der Waals surface area contributed by atoms with E-state index in [1.165, 1.54) is 23.9 Å². The van der Waals surface area contributed by atoms with Crippen molar-refractivity contribution in [3.8, 4) is 0 Å². The molecule has 0 spiro atoms. The Bertz CT molecular complexity index is 1190. The Morgan fingerprint density at radius 1 is 1.00 bits per heavy atom. The number of amides is 2. The fraction of sp³-hybridized carbons (Fsp3) is 0.286. The highest BCUT2D eigenvalue weighted by Crippen LogP contribution is 2.42. The average molecular weight is 477 g/mol. The molecule has 4 rings (SSSR count). The van der Waals surface area contributed by atoms with Gasteiger partial charge in [-0.05, 0) is 59.9 Å². The van der Waals surface area contributed by atoms with Crippen LogP contribution < -0.4 is 5.32 Å². The number of nitrogens with zero attached hydrogens (tertiary/aromatic N) is 1. The van der Waals surface area contributed by atoms with Gasteiger partial charge in [0.25, 0.3) is 5.91 Å². The van der Waals surface area contributed by atoms with Gasteiger partial charge in [0.05, 0.1) is 0 Å². The van der Waals surface area contributed by atoms with E-state index in [1.807, 2.05) is 55.5 Å². The summed E-state index contributed by atoms with van der Waals surface area (Å²) in [7, 11) is 0. The first-order valence-electron chi connectivity index (χ1n) is 11.3. The molecular formula is C28H29FN2O2S. The van der Waals surface area contributed by atoms with E-state index in [9.17, 15) is 14.0 Å². The Hall–Kier alpha value is -3.12. The van der Waals surface area contributed by atoms with Gasteiger partial charge in [0, 0.05) is 17.0 Å². The van der Waals surface area contributed by atoms with E-state index in [1.54, 1.807) is 17.0 Å². The average Bonchev–Trinajstić information content (AvgIpc) is 3.25. The van der Waals surface area contributed by atoms with Crippen LogP contribution in [0.1, 0.15) is 53.2 Å². The molecule has 1 aliphatic rings. The lowest BCUT2D eigenvalue weighted by molar-refractivity contribution is -0.119. The molecule has 0 saturated carbocycles. The SMILES string of the molecule is Cc1ccc(NC(=O)[C@@H]2CS[C@H](c3cccc(F)c3)N2C(=O)c2ccc(C(C)(C)C)cc2)cc1. The van der Waals surface area contributed by atoms with E-state index in [4.69, 9.17) is 0 Å². The summed E-state index contributed by atoms with van der Waals surface area (Å²) in [5.41, 5.74) is 4.02. The first-order valence-corrected chi connectivity index (χ1v) is 12.4. The molecule has 176 valence electrons. The van der Waals surface area contributed by atoms with Gasteiger partial charge in [0.15, 0.2) is 0 Å². The summed E-state index contributed by atoms with van der Waals surface area (Å²) in [5.74, 6) is -0.448. The molecule has 6 heteroatoms. The molecule has 1 fully saturated rings. The molecule has 1 aliphatic heterocycles. The normalized spacial score (nSPS) is 18.1. The third kappa shape index (κ3) is 5.17. The van der Waals surface area contributed by atoms with Crippen molar-refractivity contribution in [1.82, 2.24) is 4.90 Å². The number of hydrogen-bond donors (Lipinski definition) is 1. The van der Waals surface area contributed by atoms with Crippen LogP contribution in [-0.4, -0.2) is 28.5 Å². The lowest BCUT2D eigenvalue weighted by atomic mass is 9.86. The monoisotopic (exact) mass is 476 g/mol. The summed E-state index contributed by atoms with van der Waals surface area (Å²) >= 11 is 1.47. The molecule has 0 radical (unpaired) electrons. The minimum absolute atomic E-state index is 0.0361. The number of thioether (sulfide) groups is 1. The van der Waals surface area contributed by atoms with Gasteiger partial charge in [-0.2, -0.15) is 0 Å². The molecule has 4 nitrogen and oxygen atoms in total. The van der Waals surface area contributed by atoms with Crippen molar-refractivity contribution >= 4 is 29.3 Å². The maximum atomic E-state index is 14.0. The number of halogens is 1. The molecule has 2 atom stereocenters. The van der Waals surface area contributed by atoms with Gasteiger partial charge in [0.1, 0.15) is 17.2 Å². The summed E-state index contributed by atoms with van der Waals surface area (Å²) in [5, 5.41) is 2.48. The zero-order valence-corrected chi connectivity index (χ0v) is 20.7. The van der Waals surface area contributed by atoms with Gasteiger partial charge in [0.2, 0.25) is 5.91 Å². The maximum absolute atomic E-state index is 14.0. The van der Waals surface area contributed by atoms with E-state index >= 15 is 0 Å². The zero-order chi connectivity index (χ0) is 24.5. The Morgan fingerprint density at radius 3 is 2.29 bits per heavy atom. The topological polar surface area (TPSA) is 49.4 Å². The summed E-state index contributed by atoms with van der Waals surface area (Å²) in [6.45, 7) is 8.33. The fourth-order valence-electron chi connectivity index (χ4n) is 4.00. The summed E-state index contributed by atoms with van der Waals surface area (Å²) < 4.78 is 14.0. The van der Waals surface area contributed by atoms with E-state index in [0.717, 1.165) is 11.1 Å². The van der Waals surface area contributed by atoms with Gasteiger partial charge in [-0.3, -0.25) is 9.59 Å². The first-order chi connectivity index (χ1) is 16.1. The van der Waals surface area contributed by atoms with Gasteiger partial charge in [-0.15, -0.1) is 11.8 Å². The van der Waals surface area contributed by atoms with E-state index in [2.05, 4.69) is 26.1 Å². The molecule has 2 amide bonds. The van der Waals surface area contributed by atoms with Crippen LogP contribution in [0.5, 0.6) is 0 Å². The second-order valence-electron chi connectivity index (χ2n) is 9.65. The number of benzene rings is 3. The van der Waals surface area contributed by atoms with Crippen LogP contribution in [0.2, 0.25) is 0 Å². The molecule has 0 aromatic heterocycles. The predicted molar refractivity (Wildman–Crippen MR) is 137 cm³/mol. The molecule has 34 heavy (non-hydrogen) atoms. The molecule has 0 bridgehead atoms. The third-order valence-electron chi connectivity index (χ3n) is 5.99. The standard InChI is InChI=1S/C28H29FN2O2S/c1-18-8-14-23(15-9-18)30-25(32)24-17-34-27(20-6-5-7-22(29)16-20)31(24)26(33)19-10-12-21(13-11-19)28(2,3)4/h5-16,24,27H,17H2,1-4H3,(H,30,32)/t24-,27+/m0/s1. The first kappa shape index (κ1) is 24.0. The lowest BCUT2D eigenvalue weighted by Gasteiger charge is -2.29. The number of hydrogen-bond acceptors (Lipinski definition) is 3. The van der Waals surface area contributed by atoms with E-state index in [-0.39, 0.29) is 23.0 Å². The van der Waals surface area contributed by atoms with Crippen molar-refractivity contribution < 1.29 is 14.0 Å². The molecule has 0 unspecified atom stereocenters. The van der Waals surface area contributed by atoms with E-state index in [0.29, 0.717) is 22.6 Å². The van der Waals surface area contributed by atoms with Gasteiger partial charge >= 0.3 is 0 Å². The van der Waals surface area contributed by atoms with Crippen molar-refractivity contribution in [2.45, 2.75) is 44.5 Å². The number of rotatable bonds is 4. The fourth-order valence-corrected chi connectivity index (χ4v) is 5.42. The largest absolute Gasteiger partial charge is 0.324 e. The molecule has 1 saturated heterocycles. The van der Waals surface area contributed by atoms with Crippen molar-refractivity contribution in [2.75, 3.05) is 11.1 Å². The Kier molecular flexibility index (Phi) is 6.80. The highest BCUT2D eigenvalue weighted by Gasteiger charge is 2.42. The van der Waals surface area contributed by atoms with Crippen LogP contribution in [-0.2, 0) is 10.2 Å². The van der Waals surface area contributed by atoms with Crippen molar-refractivity contribution in [2.24, 2.45) is 0 Å². The molecule has 3 aromatic rings. The smallest absolute Gasteiger partial charge is 0.255 e. The second kappa shape index (κ2) is 9.63. The van der Waals surface area contributed by atoms with Gasteiger partial charge < -0.3 is 10.2 Å². The van der Waals surface area contributed by atoms with Crippen LogP contribution >= 0.6 is 11.8 Å². The van der Waals surface area contributed by atoms with Gasteiger partial charge in [-0.1, -0.05) is 62.7 Å². The highest BCUT2D eigenvalue weighted by atomic mass is 32.2. The number of carbonyl (C=O) groups excluding carboxylic acids is 2. The Balaban J connectivity index is 1.66. The molecule has 1 heterocycles. The Morgan fingerprint density at radius 2 is 1.68 bits per heavy atom. The number of anilines is 1. The maximum Gasteiger partial charge on any atom is 0.255 e. The van der Waals surface area contributed by atoms with Crippen molar-refractivity contribution in [1.29, 1.82) is 0 Å². The van der Waals surface area contributed by atoms with Crippen LogP contribution in [0.15, 0.2) is 72.8 Å².